The minimum Gasteiger partial charge on any atom is -0.479 e. The summed E-state index contributed by atoms with van der Waals surface area (Å²) in [5.74, 6) is -2.02. The fourth-order valence-electron chi connectivity index (χ4n) is 1.08. The number of rotatable bonds is 3. The van der Waals surface area contributed by atoms with Gasteiger partial charge in [0.1, 0.15) is 0 Å². The summed E-state index contributed by atoms with van der Waals surface area (Å²) < 4.78 is 38.1. The monoisotopic (exact) mass is 267 g/mol. The second kappa shape index (κ2) is 4.44. The average molecular weight is 268 g/mol. The first-order valence-electron chi connectivity index (χ1n) is 4.51. The van der Waals surface area contributed by atoms with Crippen LogP contribution in [0.25, 0.3) is 0 Å². The third kappa shape index (κ3) is 2.63. The number of hydrogen-bond acceptors (Lipinski definition) is 2. The lowest BCUT2D eigenvalue weighted by molar-refractivity contribution is -0.192. The van der Waals surface area contributed by atoms with Crippen LogP contribution in [0.2, 0.25) is 5.02 Å². The number of alkyl halides is 3. The molecule has 0 aliphatic carbocycles. The maximum atomic E-state index is 12.7. The topological polar surface area (TPSA) is 49.3 Å². The summed E-state index contributed by atoms with van der Waals surface area (Å²) in [6.07, 6.45) is -4.95. The molecule has 0 radical (unpaired) electrons. The molecule has 0 saturated heterocycles. The minimum absolute atomic E-state index is 0.0178. The van der Waals surface area contributed by atoms with Crippen molar-refractivity contribution in [2.24, 2.45) is 0 Å². The Bertz CT molecular complexity index is 436. The van der Waals surface area contributed by atoms with E-state index in [0.717, 1.165) is 0 Å². The smallest absolute Gasteiger partial charge is 0.422 e. The molecule has 94 valence electrons. The third-order valence-electron chi connectivity index (χ3n) is 2.25. The van der Waals surface area contributed by atoms with E-state index in [-0.39, 0.29) is 10.7 Å². The zero-order valence-electron chi connectivity index (χ0n) is 8.68. The molecule has 0 spiro atoms. The number of para-hydroxylation sites is 1. The molecule has 1 rings (SSSR count). The minimum atomic E-state index is -4.95. The molecule has 3 nitrogen and oxygen atoms in total. The van der Waals surface area contributed by atoms with Crippen molar-refractivity contribution in [3.8, 4) is 0 Å². The lowest BCUT2D eigenvalue weighted by Gasteiger charge is -2.29. The predicted octanol–water partition coefficient (Wildman–Crippen LogP) is 3.16. The third-order valence-corrected chi connectivity index (χ3v) is 2.58. The SMILES string of the molecule is CC(Nc1ccccc1Cl)(C(=O)O)C(F)(F)F. The average Bonchev–Trinajstić information content (AvgIpc) is 2.19. The van der Waals surface area contributed by atoms with Gasteiger partial charge < -0.3 is 10.4 Å². The van der Waals surface area contributed by atoms with E-state index in [9.17, 15) is 18.0 Å². The van der Waals surface area contributed by atoms with Crippen LogP contribution in [0.1, 0.15) is 6.92 Å². The molecule has 0 aliphatic rings. The summed E-state index contributed by atoms with van der Waals surface area (Å²) in [5.41, 5.74) is -3.17. The number of nitrogens with one attached hydrogen (secondary N) is 1. The Hall–Kier alpha value is -1.43. The van der Waals surface area contributed by atoms with Crippen molar-refractivity contribution in [2.45, 2.75) is 18.6 Å². The highest BCUT2D eigenvalue weighted by Gasteiger charge is 2.57. The van der Waals surface area contributed by atoms with Crippen LogP contribution in [0.5, 0.6) is 0 Å². The molecule has 0 heterocycles. The molecule has 0 amide bonds. The second-order valence-corrected chi connectivity index (χ2v) is 3.94. The van der Waals surface area contributed by atoms with Gasteiger partial charge in [-0.2, -0.15) is 13.2 Å². The van der Waals surface area contributed by atoms with Crippen molar-refractivity contribution < 1.29 is 23.1 Å². The van der Waals surface area contributed by atoms with E-state index in [1.165, 1.54) is 24.3 Å². The largest absolute Gasteiger partial charge is 0.479 e. The molecule has 1 unspecified atom stereocenters. The van der Waals surface area contributed by atoms with Crippen LogP contribution in [0.4, 0.5) is 18.9 Å². The summed E-state index contributed by atoms with van der Waals surface area (Å²) in [6.45, 7) is 0.540. The molecule has 1 atom stereocenters. The van der Waals surface area contributed by atoms with Crippen molar-refractivity contribution >= 4 is 23.3 Å². The first-order valence-corrected chi connectivity index (χ1v) is 4.89. The van der Waals surface area contributed by atoms with Gasteiger partial charge in [-0.1, -0.05) is 23.7 Å². The number of benzene rings is 1. The zero-order valence-corrected chi connectivity index (χ0v) is 9.43. The van der Waals surface area contributed by atoms with Gasteiger partial charge in [0.05, 0.1) is 10.7 Å². The molecular formula is C10H9ClF3NO2. The molecule has 2 N–H and O–H groups in total. The summed E-state index contributed by atoms with van der Waals surface area (Å²) in [7, 11) is 0. The highest BCUT2D eigenvalue weighted by molar-refractivity contribution is 6.33. The maximum absolute atomic E-state index is 12.7. The van der Waals surface area contributed by atoms with Gasteiger partial charge in [-0.3, -0.25) is 0 Å². The summed E-state index contributed by atoms with van der Waals surface area (Å²) in [5, 5.41) is 10.6. The van der Waals surface area contributed by atoms with Crippen molar-refractivity contribution in [3.05, 3.63) is 29.3 Å². The lowest BCUT2D eigenvalue weighted by Crippen LogP contribution is -2.55. The van der Waals surface area contributed by atoms with E-state index in [1.807, 2.05) is 5.32 Å². The van der Waals surface area contributed by atoms with Crippen LogP contribution in [-0.4, -0.2) is 22.8 Å². The zero-order chi connectivity index (χ0) is 13.3. The van der Waals surface area contributed by atoms with E-state index >= 15 is 0 Å². The molecule has 0 fully saturated rings. The fraction of sp³-hybridized carbons (Fsp3) is 0.300. The molecule has 7 heteroatoms. The molecule has 17 heavy (non-hydrogen) atoms. The fourth-order valence-corrected chi connectivity index (χ4v) is 1.26. The molecule has 1 aromatic carbocycles. The van der Waals surface area contributed by atoms with Crippen LogP contribution in [0, 0.1) is 0 Å². The molecule has 0 bridgehead atoms. The normalized spacial score (nSPS) is 15.1. The standard InChI is InChI=1S/C10H9ClF3NO2/c1-9(8(16)17,10(12,13)14)15-7-5-3-2-4-6(7)11/h2-5,15H,1H3,(H,16,17). The van der Waals surface area contributed by atoms with Crippen molar-refractivity contribution in [1.29, 1.82) is 0 Å². The Balaban J connectivity index is 3.13. The van der Waals surface area contributed by atoms with Crippen LogP contribution in [0.3, 0.4) is 0 Å². The van der Waals surface area contributed by atoms with Crippen molar-refractivity contribution in [1.82, 2.24) is 0 Å². The second-order valence-electron chi connectivity index (χ2n) is 3.53. The van der Waals surface area contributed by atoms with Gasteiger partial charge in [-0.15, -0.1) is 0 Å². The van der Waals surface area contributed by atoms with Crippen LogP contribution < -0.4 is 5.32 Å². The summed E-state index contributed by atoms with van der Waals surface area (Å²) in [4.78, 5) is 10.8. The highest BCUT2D eigenvalue weighted by atomic mass is 35.5. The molecule has 1 aromatic rings. The number of halogens is 4. The van der Waals surface area contributed by atoms with Gasteiger partial charge in [-0.05, 0) is 19.1 Å². The summed E-state index contributed by atoms with van der Waals surface area (Å²) >= 11 is 5.66. The quantitative estimate of drug-likeness (QED) is 0.884. The van der Waals surface area contributed by atoms with Gasteiger partial charge in [0.2, 0.25) is 5.54 Å². The lowest BCUT2D eigenvalue weighted by atomic mass is 10.0. The summed E-state index contributed by atoms with van der Waals surface area (Å²) in [6, 6.07) is 5.61. The molecular weight excluding hydrogens is 259 g/mol. The van der Waals surface area contributed by atoms with E-state index in [1.54, 1.807) is 0 Å². The van der Waals surface area contributed by atoms with E-state index in [4.69, 9.17) is 16.7 Å². The van der Waals surface area contributed by atoms with Gasteiger partial charge in [0, 0.05) is 0 Å². The number of carboxylic acids is 1. The maximum Gasteiger partial charge on any atom is 0.422 e. The van der Waals surface area contributed by atoms with Gasteiger partial charge in [-0.25, -0.2) is 4.79 Å². The number of anilines is 1. The van der Waals surface area contributed by atoms with Crippen LogP contribution in [-0.2, 0) is 4.79 Å². The Morgan fingerprint density at radius 1 is 1.35 bits per heavy atom. The van der Waals surface area contributed by atoms with Gasteiger partial charge in [0.25, 0.3) is 0 Å². The van der Waals surface area contributed by atoms with Crippen molar-refractivity contribution in [3.63, 3.8) is 0 Å². The van der Waals surface area contributed by atoms with Crippen LogP contribution in [0.15, 0.2) is 24.3 Å². The van der Waals surface area contributed by atoms with E-state index in [0.29, 0.717) is 6.92 Å². The first kappa shape index (κ1) is 13.6. The molecule has 0 saturated carbocycles. The first-order chi connectivity index (χ1) is 7.68. The molecule has 0 aromatic heterocycles. The number of carbonyl (C=O) groups is 1. The Labute approximate surface area is 100 Å². The number of aliphatic carboxylic acids is 1. The Morgan fingerprint density at radius 2 is 1.88 bits per heavy atom. The van der Waals surface area contributed by atoms with E-state index in [2.05, 4.69) is 0 Å². The number of hydrogen-bond donors (Lipinski definition) is 2. The predicted molar refractivity (Wildman–Crippen MR) is 57.2 cm³/mol. The van der Waals surface area contributed by atoms with Crippen LogP contribution >= 0.6 is 11.6 Å². The van der Waals surface area contributed by atoms with Gasteiger partial charge >= 0.3 is 12.1 Å². The highest BCUT2D eigenvalue weighted by Crippen LogP contribution is 2.35. The van der Waals surface area contributed by atoms with E-state index < -0.39 is 17.7 Å². The van der Waals surface area contributed by atoms with Gasteiger partial charge in [0.15, 0.2) is 0 Å². The number of carboxylic acid groups (broad SMARTS) is 1. The molecule has 0 aliphatic heterocycles. The van der Waals surface area contributed by atoms with Crippen molar-refractivity contribution in [2.75, 3.05) is 5.32 Å². The Morgan fingerprint density at radius 3 is 2.29 bits per heavy atom. The Kier molecular flexibility index (Phi) is 3.56.